The van der Waals surface area contributed by atoms with E-state index in [-0.39, 0.29) is 6.03 Å². The van der Waals surface area contributed by atoms with Gasteiger partial charge in [0.25, 0.3) is 0 Å². The Kier molecular flexibility index (Phi) is 6.38. The predicted molar refractivity (Wildman–Crippen MR) is 102 cm³/mol. The van der Waals surface area contributed by atoms with Gasteiger partial charge >= 0.3 is 6.03 Å². The van der Waals surface area contributed by atoms with Gasteiger partial charge in [0.15, 0.2) is 0 Å². The van der Waals surface area contributed by atoms with Gasteiger partial charge in [0, 0.05) is 45.1 Å². The van der Waals surface area contributed by atoms with Crippen molar-refractivity contribution in [1.29, 1.82) is 0 Å². The number of anilines is 1. The van der Waals surface area contributed by atoms with E-state index in [2.05, 4.69) is 37.3 Å². The molecule has 1 saturated heterocycles. The van der Waals surface area contributed by atoms with Crippen molar-refractivity contribution in [3.8, 4) is 0 Å². The molecule has 2 N–H and O–H groups in total. The topological polar surface area (TPSA) is 73.4 Å². The van der Waals surface area contributed by atoms with E-state index in [1.807, 2.05) is 36.5 Å². The van der Waals surface area contributed by atoms with Crippen molar-refractivity contribution < 1.29 is 4.79 Å². The zero-order valence-corrected chi connectivity index (χ0v) is 15.2. The monoisotopic (exact) mass is 354 g/mol. The number of rotatable bonds is 6. The van der Waals surface area contributed by atoms with E-state index in [1.54, 1.807) is 6.20 Å². The van der Waals surface area contributed by atoms with Crippen molar-refractivity contribution in [3.63, 3.8) is 0 Å². The number of carbonyl (C=O) groups is 1. The summed E-state index contributed by atoms with van der Waals surface area (Å²) in [4.78, 5) is 25.4. The highest BCUT2D eigenvalue weighted by molar-refractivity contribution is 5.73. The number of carbonyl (C=O) groups excluding carboxylic acids is 1. The molecule has 7 heteroatoms. The highest BCUT2D eigenvalue weighted by atomic mass is 16.2. The summed E-state index contributed by atoms with van der Waals surface area (Å²) in [5, 5.41) is 5.64. The summed E-state index contributed by atoms with van der Waals surface area (Å²) in [5.41, 5.74) is 1.81. The van der Waals surface area contributed by atoms with Crippen LogP contribution in [0.3, 0.4) is 0 Å². The molecular weight excluding hydrogens is 328 g/mol. The third-order valence-corrected chi connectivity index (χ3v) is 4.56. The van der Waals surface area contributed by atoms with Crippen molar-refractivity contribution in [2.45, 2.75) is 20.0 Å². The molecule has 2 aromatic rings. The predicted octanol–water partition coefficient (Wildman–Crippen LogP) is 1.62. The maximum Gasteiger partial charge on any atom is 0.315 e. The number of urea groups is 1. The Balaban J connectivity index is 1.42. The molecule has 7 nitrogen and oxygen atoms in total. The molecule has 0 saturated carbocycles. The van der Waals surface area contributed by atoms with Gasteiger partial charge in [-0.2, -0.15) is 0 Å². The normalized spacial score (nSPS) is 14.9. The first-order valence-electron chi connectivity index (χ1n) is 9.08. The number of pyridine rings is 2. The summed E-state index contributed by atoms with van der Waals surface area (Å²) in [6.07, 6.45) is 3.55. The van der Waals surface area contributed by atoms with Crippen LogP contribution in [0.25, 0.3) is 0 Å². The number of nitrogens with zero attached hydrogens (tertiary/aromatic N) is 4. The van der Waals surface area contributed by atoms with Gasteiger partial charge in [0.2, 0.25) is 0 Å². The van der Waals surface area contributed by atoms with Crippen LogP contribution >= 0.6 is 0 Å². The highest BCUT2D eigenvalue weighted by Crippen LogP contribution is 2.14. The first-order chi connectivity index (χ1) is 12.7. The average molecular weight is 354 g/mol. The Morgan fingerprint density at radius 3 is 2.50 bits per heavy atom. The molecule has 0 unspecified atom stereocenters. The lowest BCUT2D eigenvalue weighted by Crippen LogP contribution is -2.46. The standard InChI is InChI=1S/C19H26N6O/c1-2-24-9-11-25(12-10-24)18-7-6-16(13-21-18)14-22-19(26)23-15-17-5-3-4-8-20-17/h3-8,13H,2,9-12,14-15H2,1H3,(H2,22,23,26). The molecule has 0 radical (unpaired) electrons. The summed E-state index contributed by atoms with van der Waals surface area (Å²) < 4.78 is 0. The van der Waals surface area contributed by atoms with Crippen LogP contribution in [0.2, 0.25) is 0 Å². The molecule has 1 fully saturated rings. The second kappa shape index (κ2) is 9.15. The SMILES string of the molecule is CCN1CCN(c2ccc(CNC(=O)NCc3ccccn3)cn2)CC1. The fourth-order valence-electron chi connectivity index (χ4n) is 2.92. The van der Waals surface area contributed by atoms with Crippen LogP contribution in [0.1, 0.15) is 18.2 Å². The van der Waals surface area contributed by atoms with Gasteiger partial charge in [0.05, 0.1) is 12.2 Å². The molecule has 3 rings (SSSR count). The molecule has 0 aromatic carbocycles. The smallest absolute Gasteiger partial charge is 0.315 e. The van der Waals surface area contributed by atoms with E-state index in [0.717, 1.165) is 49.8 Å². The Morgan fingerprint density at radius 2 is 1.85 bits per heavy atom. The third-order valence-electron chi connectivity index (χ3n) is 4.56. The van der Waals surface area contributed by atoms with Crippen molar-refractivity contribution in [1.82, 2.24) is 25.5 Å². The maximum atomic E-state index is 11.9. The van der Waals surface area contributed by atoms with Gasteiger partial charge in [-0.1, -0.05) is 19.1 Å². The molecule has 3 heterocycles. The third kappa shape index (κ3) is 5.16. The van der Waals surface area contributed by atoms with Crippen molar-refractivity contribution >= 4 is 11.8 Å². The first-order valence-corrected chi connectivity index (χ1v) is 9.08. The molecule has 26 heavy (non-hydrogen) atoms. The summed E-state index contributed by atoms with van der Waals surface area (Å²) in [5.74, 6) is 1.00. The number of nitrogens with one attached hydrogen (secondary N) is 2. The fraction of sp³-hybridized carbons (Fsp3) is 0.421. The number of likely N-dealkylation sites (N-methyl/N-ethyl adjacent to an activating group) is 1. The molecule has 2 amide bonds. The number of hydrogen-bond donors (Lipinski definition) is 2. The van der Waals surface area contributed by atoms with Gasteiger partial charge in [-0.25, -0.2) is 9.78 Å². The average Bonchev–Trinajstić information content (AvgIpc) is 2.72. The van der Waals surface area contributed by atoms with Crippen molar-refractivity contribution in [3.05, 3.63) is 54.0 Å². The summed E-state index contributed by atoms with van der Waals surface area (Å²) in [6, 6.07) is 9.47. The van der Waals surface area contributed by atoms with E-state index in [4.69, 9.17) is 0 Å². The van der Waals surface area contributed by atoms with Crippen LogP contribution in [0.15, 0.2) is 42.7 Å². The van der Waals surface area contributed by atoms with E-state index >= 15 is 0 Å². The number of piperazine rings is 1. The second-order valence-corrected chi connectivity index (χ2v) is 6.30. The second-order valence-electron chi connectivity index (χ2n) is 6.30. The molecule has 0 aliphatic carbocycles. The highest BCUT2D eigenvalue weighted by Gasteiger charge is 2.16. The first kappa shape index (κ1) is 18.1. The molecule has 0 spiro atoms. The molecule has 1 aliphatic heterocycles. The molecule has 1 aliphatic rings. The van der Waals surface area contributed by atoms with Gasteiger partial charge in [-0.3, -0.25) is 4.98 Å². The van der Waals surface area contributed by atoms with Crippen LogP contribution in [0.5, 0.6) is 0 Å². The zero-order chi connectivity index (χ0) is 18.2. The number of aromatic nitrogens is 2. The van der Waals surface area contributed by atoms with Crippen molar-refractivity contribution in [2.24, 2.45) is 0 Å². The van der Waals surface area contributed by atoms with Crippen molar-refractivity contribution in [2.75, 3.05) is 37.6 Å². The molecule has 0 atom stereocenters. The van der Waals surface area contributed by atoms with Crippen LogP contribution in [-0.4, -0.2) is 53.6 Å². The molecule has 2 aromatic heterocycles. The van der Waals surface area contributed by atoms with Gasteiger partial charge < -0.3 is 20.4 Å². The van der Waals surface area contributed by atoms with E-state index in [0.29, 0.717) is 13.1 Å². The summed E-state index contributed by atoms with van der Waals surface area (Å²) in [7, 11) is 0. The fourth-order valence-corrected chi connectivity index (χ4v) is 2.92. The van der Waals surface area contributed by atoms with Gasteiger partial charge in [-0.05, 0) is 30.3 Å². The van der Waals surface area contributed by atoms with Crippen LogP contribution in [0, 0.1) is 0 Å². The van der Waals surface area contributed by atoms with Crippen LogP contribution in [0.4, 0.5) is 10.6 Å². The zero-order valence-electron chi connectivity index (χ0n) is 15.2. The maximum absolute atomic E-state index is 11.9. The number of hydrogen-bond acceptors (Lipinski definition) is 5. The Morgan fingerprint density at radius 1 is 1.04 bits per heavy atom. The Labute approximate surface area is 154 Å². The van der Waals surface area contributed by atoms with E-state index < -0.39 is 0 Å². The minimum Gasteiger partial charge on any atom is -0.354 e. The Bertz CT molecular complexity index is 683. The quantitative estimate of drug-likeness (QED) is 0.825. The van der Waals surface area contributed by atoms with Gasteiger partial charge in [0.1, 0.15) is 5.82 Å². The summed E-state index contributed by atoms with van der Waals surface area (Å²) >= 11 is 0. The lowest BCUT2D eigenvalue weighted by molar-refractivity contribution is 0.240. The molecule has 0 bridgehead atoms. The lowest BCUT2D eigenvalue weighted by Gasteiger charge is -2.34. The van der Waals surface area contributed by atoms with Gasteiger partial charge in [-0.15, -0.1) is 0 Å². The largest absolute Gasteiger partial charge is 0.354 e. The lowest BCUT2D eigenvalue weighted by atomic mass is 10.2. The molecular formula is C19H26N6O. The van der Waals surface area contributed by atoms with E-state index in [9.17, 15) is 4.79 Å². The Hall–Kier alpha value is -2.67. The molecule has 138 valence electrons. The van der Waals surface area contributed by atoms with E-state index in [1.165, 1.54) is 0 Å². The number of amides is 2. The minimum atomic E-state index is -0.213. The van der Waals surface area contributed by atoms with Crippen LogP contribution in [-0.2, 0) is 13.1 Å². The van der Waals surface area contributed by atoms with Crippen LogP contribution < -0.4 is 15.5 Å². The minimum absolute atomic E-state index is 0.213. The summed E-state index contributed by atoms with van der Waals surface area (Å²) in [6.45, 7) is 8.34.